The molecule has 0 aromatic carbocycles. The van der Waals surface area contributed by atoms with Crippen LogP contribution in [0.25, 0.3) is 10.2 Å². The van der Waals surface area contributed by atoms with Gasteiger partial charge in [0.2, 0.25) is 0 Å². The normalized spacial score (nSPS) is 12.0. The Labute approximate surface area is 111 Å². The fourth-order valence-electron chi connectivity index (χ4n) is 2.00. The fraction of sp³-hybridized carbons (Fsp3) is 0.538. The van der Waals surface area contributed by atoms with E-state index in [1.165, 1.54) is 5.56 Å². The molecule has 0 amide bonds. The first-order valence-corrected chi connectivity index (χ1v) is 7.11. The van der Waals surface area contributed by atoms with Crippen molar-refractivity contribution in [3.05, 3.63) is 17.3 Å². The van der Waals surface area contributed by atoms with E-state index in [1.807, 2.05) is 0 Å². The number of rotatable bonds is 5. The molecular formula is C13H19N3OS. The van der Waals surface area contributed by atoms with Gasteiger partial charge in [0.25, 0.3) is 0 Å². The maximum absolute atomic E-state index is 9.61. The second-order valence-electron chi connectivity index (χ2n) is 4.59. The first kappa shape index (κ1) is 13.2. The summed E-state index contributed by atoms with van der Waals surface area (Å²) in [5.41, 5.74) is 1.87. The highest BCUT2D eigenvalue weighted by Crippen LogP contribution is 2.31. The Hall–Kier alpha value is -1.20. The third-order valence-electron chi connectivity index (χ3n) is 3.57. The monoisotopic (exact) mass is 265 g/mol. The Morgan fingerprint density at radius 3 is 2.67 bits per heavy atom. The molecule has 0 aliphatic carbocycles. The number of nitrogens with one attached hydrogen (secondary N) is 1. The van der Waals surface area contributed by atoms with Gasteiger partial charge in [-0.2, -0.15) is 0 Å². The molecule has 98 valence electrons. The average Bonchev–Trinajstić information content (AvgIpc) is 2.79. The van der Waals surface area contributed by atoms with E-state index >= 15 is 0 Å². The summed E-state index contributed by atoms with van der Waals surface area (Å²) in [5, 5.41) is 15.1. The number of aryl methyl sites for hydroxylation is 1. The van der Waals surface area contributed by atoms with Crippen molar-refractivity contribution >= 4 is 27.4 Å². The third-order valence-corrected chi connectivity index (χ3v) is 4.66. The fourth-order valence-corrected chi connectivity index (χ4v) is 2.95. The summed E-state index contributed by atoms with van der Waals surface area (Å²) in [7, 11) is 0. The minimum Gasteiger partial charge on any atom is -0.394 e. The molecule has 0 saturated carbocycles. The van der Waals surface area contributed by atoms with Gasteiger partial charge in [-0.3, -0.25) is 0 Å². The Balaban J connectivity index is 2.42. The van der Waals surface area contributed by atoms with Crippen LogP contribution in [0, 0.1) is 6.92 Å². The summed E-state index contributed by atoms with van der Waals surface area (Å²) in [6, 6.07) is 0. The Bertz CT molecular complexity index is 526. The van der Waals surface area contributed by atoms with Crippen LogP contribution in [-0.4, -0.2) is 27.2 Å². The van der Waals surface area contributed by atoms with E-state index in [9.17, 15) is 5.11 Å². The van der Waals surface area contributed by atoms with E-state index in [-0.39, 0.29) is 12.1 Å². The SMILES string of the molecule is CCC(CC)(CO)Nc1ncnc2c(C)csc12. The van der Waals surface area contributed by atoms with Gasteiger partial charge in [-0.25, -0.2) is 9.97 Å². The Kier molecular flexibility index (Phi) is 3.82. The number of aliphatic hydroxyl groups is 1. The molecular weight excluding hydrogens is 246 g/mol. The summed E-state index contributed by atoms with van der Waals surface area (Å²) in [5.74, 6) is 0.829. The summed E-state index contributed by atoms with van der Waals surface area (Å²) in [6.07, 6.45) is 3.30. The van der Waals surface area contributed by atoms with Gasteiger partial charge in [0, 0.05) is 0 Å². The van der Waals surface area contributed by atoms with Gasteiger partial charge in [0.15, 0.2) is 0 Å². The highest BCUT2D eigenvalue weighted by molar-refractivity contribution is 7.18. The molecule has 0 atom stereocenters. The van der Waals surface area contributed by atoms with Crippen molar-refractivity contribution in [2.75, 3.05) is 11.9 Å². The van der Waals surface area contributed by atoms with Crippen molar-refractivity contribution in [2.24, 2.45) is 0 Å². The van der Waals surface area contributed by atoms with Crippen molar-refractivity contribution in [3.8, 4) is 0 Å². The van der Waals surface area contributed by atoms with Crippen LogP contribution < -0.4 is 5.32 Å². The lowest BCUT2D eigenvalue weighted by Crippen LogP contribution is -2.41. The number of aromatic nitrogens is 2. The summed E-state index contributed by atoms with van der Waals surface area (Å²) >= 11 is 1.64. The number of hydrogen-bond acceptors (Lipinski definition) is 5. The van der Waals surface area contributed by atoms with E-state index < -0.39 is 0 Å². The van der Waals surface area contributed by atoms with Crippen LogP contribution in [0.1, 0.15) is 32.3 Å². The van der Waals surface area contributed by atoms with Crippen molar-refractivity contribution in [1.82, 2.24) is 9.97 Å². The molecule has 0 unspecified atom stereocenters. The van der Waals surface area contributed by atoms with Gasteiger partial charge in [0.05, 0.1) is 22.4 Å². The Morgan fingerprint density at radius 1 is 1.33 bits per heavy atom. The van der Waals surface area contributed by atoms with Crippen molar-refractivity contribution in [3.63, 3.8) is 0 Å². The number of fused-ring (bicyclic) bond motifs is 1. The van der Waals surface area contributed by atoms with Gasteiger partial charge in [-0.15, -0.1) is 11.3 Å². The Morgan fingerprint density at radius 2 is 2.06 bits per heavy atom. The van der Waals surface area contributed by atoms with Gasteiger partial charge in [0.1, 0.15) is 12.1 Å². The van der Waals surface area contributed by atoms with Crippen LogP contribution in [0.3, 0.4) is 0 Å². The lowest BCUT2D eigenvalue weighted by atomic mass is 9.94. The van der Waals surface area contributed by atoms with Crippen molar-refractivity contribution in [2.45, 2.75) is 39.2 Å². The number of aliphatic hydroxyl groups excluding tert-OH is 1. The van der Waals surface area contributed by atoms with E-state index in [2.05, 4.69) is 41.4 Å². The maximum atomic E-state index is 9.61. The average molecular weight is 265 g/mol. The van der Waals surface area contributed by atoms with Gasteiger partial charge in [-0.05, 0) is 30.7 Å². The molecule has 18 heavy (non-hydrogen) atoms. The number of nitrogens with zero attached hydrogens (tertiary/aromatic N) is 2. The molecule has 0 aliphatic heterocycles. The molecule has 2 aromatic rings. The second-order valence-corrected chi connectivity index (χ2v) is 5.47. The van der Waals surface area contributed by atoms with Crippen LogP contribution in [0.5, 0.6) is 0 Å². The first-order chi connectivity index (χ1) is 8.65. The van der Waals surface area contributed by atoms with E-state index in [0.29, 0.717) is 0 Å². The van der Waals surface area contributed by atoms with Gasteiger partial charge < -0.3 is 10.4 Å². The summed E-state index contributed by atoms with van der Waals surface area (Å²) in [4.78, 5) is 8.63. The number of anilines is 1. The number of hydrogen-bond donors (Lipinski definition) is 2. The summed E-state index contributed by atoms with van der Waals surface area (Å²) in [6.45, 7) is 6.31. The van der Waals surface area contributed by atoms with E-state index in [0.717, 1.165) is 28.9 Å². The molecule has 2 aromatic heterocycles. The predicted octanol–water partition coefficient (Wildman–Crippen LogP) is 2.96. The zero-order chi connectivity index (χ0) is 13.2. The van der Waals surface area contributed by atoms with E-state index in [4.69, 9.17) is 0 Å². The van der Waals surface area contributed by atoms with Gasteiger partial charge in [-0.1, -0.05) is 13.8 Å². The lowest BCUT2D eigenvalue weighted by molar-refractivity contribution is 0.202. The first-order valence-electron chi connectivity index (χ1n) is 6.23. The van der Waals surface area contributed by atoms with Crippen LogP contribution in [-0.2, 0) is 0 Å². The van der Waals surface area contributed by atoms with Crippen molar-refractivity contribution in [1.29, 1.82) is 0 Å². The molecule has 0 aliphatic rings. The maximum Gasteiger partial charge on any atom is 0.147 e. The molecule has 5 heteroatoms. The van der Waals surface area contributed by atoms with Crippen LogP contribution in [0.4, 0.5) is 5.82 Å². The topological polar surface area (TPSA) is 58.0 Å². The molecule has 2 rings (SSSR count). The van der Waals surface area contributed by atoms with Crippen molar-refractivity contribution < 1.29 is 5.11 Å². The summed E-state index contributed by atoms with van der Waals surface area (Å²) < 4.78 is 1.06. The number of thiophene rings is 1. The predicted molar refractivity (Wildman–Crippen MR) is 76.2 cm³/mol. The third kappa shape index (κ3) is 2.20. The quantitative estimate of drug-likeness (QED) is 0.872. The molecule has 0 saturated heterocycles. The molecule has 2 N–H and O–H groups in total. The smallest absolute Gasteiger partial charge is 0.147 e. The van der Waals surface area contributed by atoms with Crippen LogP contribution in [0.2, 0.25) is 0 Å². The zero-order valence-electron chi connectivity index (χ0n) is 11.0. The molecule has 0 spiro atoms. The second kappa shape index (κ2) is 5.20. The minimum atomic E-state index is -0.292. The largest absolute Gasteiger partial charge is 0.394 e. The molecule has 0 bridgehead atoms. The highest BCUT2D eigenvalue weighted by Gasteiger charge is 2.26. The zero-order valence-corrected chi connectivity index (χ0v) is 11.8. The van der Waals surface area contributed by atoms with Crippen LogP contribution >= 0.6 is 11.3 Å². The molecule has 4 nitrogen and oxygen atoms in total. The minimum absolute atomic E-state index is 0.107. The van der Waals surface area contributed by atoms with Crippen LogP contribution in [0.15, 0.2) is 11.7 Å². The van der Waals surface area contributed by atoms with Gasteiger partial charge >= 0.3 is 0 Å². The highest BCUT2D eigenvalue weighted by atomic mass is 32.1. The molecule has 0 fully saturated rings. The standard InChI is InChI=1S/C13H19N3OS/c1-4-13(5-2,7-17)16-12-11-10(14-8-15-12)9(3)6-18-11/h6,8,17H,4-5,7H2,1-3H3,(H,14,15,16). The van der Waals surface area contributed by atoms with E-state index in [1.54, 1.807) is 17.7 Å². The lowest BCUT2D eigenvalue weighted by Gasteiger charge is -2.31. The molecule has 2 heterocycles. The molecule has 0 radical (unpaired) electrons.